The zero-order valence-corrected chi connectivity index (χ0v) is 14.2. The predicted octanol–water partition coefficient (Wildman–Crippen LogP) is 4.16. The lowest BCUT2D eigenvalue weighted by Gasteiger charge is -2.07. The number of hydrogen-bond donors (Lipinski definition) is 1. The summed E-state index contributed by atoms with van der Waals surface area (Å²) in [5.74, 6) is -0.0795. The fraction of sp³-hybridized carbons (Fsp3) is 0.231. The number of thiophene rings is 1. The second-order valence-electron chi connectivity index (χ2n) is 3.88. The Hall–Kier alpha value is -0.720. The molecule has 0 aromatic carbocycles. The van der Waals surface area contributed by atoms with E-state index in [9.17, 15) is 4.79 Å². The van der Waals surface area contributed by atoms with Crippen LogP contribution in [0.2, 0.25) is 0 Å². The third-order valence-electron chi connectivity index (χ3n) is 2.65. The Bertz CT molecular complexity index is 579. The van der Waals surface area contributed by atoms with Gasteiger partial charge in [-0.1, -0.05) is 13.0 Å². The van der Waals surface area contributed by atoms with Crippen LogP contribution in [0.4, 0.5) is 0 Å². The lowest BCUT2D eigenvalue weighted by Crippen LogP contribution is -2.23. The van der Waals surface area contributed by atoms with Crippen molar-refractivity contribution in [1.82, 2.24) is 10.3 Å². The summed E-state index contributed by atoms with van der Waals surface area (Å²) >= 11 is 8.16. The van der Waals surface area contributed by atoms with Gasteiger partial charge in [0.15, 0.2) is 0 Å². The Morgan fingerprint density at radius 3 is 2.89 bits per heavy atom. The Kier molecular flexibility index (Phi) is 5.13. The van der Waals surface area contributed by atoms with E-state index in [1.165, 1.54) is 11.3 Å². The molecule has 0 aliphatic rings. The summed E-state index contributed by atoms with van der Waals surface area (Å²) in [6.45, 7) is 2.53. The molecule has 3 nitrogen and oxygen atoms in total. The Morgan fingerprint density at radius 2 is 2.26 bits per heavy atom. The molecule has 2 rings (SSSR count). The number of hydrogen-bond acceptors (Lipinski definition) is 3. The second-order valence-corrected chi connectivity index (χ2v) is 7.10. The van der Waals surface area contributed by atoms with E-state index in [0.717, 1.165) is 25.9 Å². The van der Waals surface area contributed by atoms with Crippen LogP contribution in [0, 0.1) is 0 Å². The van der Waals surface area contributed by atoms with Crippen LogP contribution in [0.1, 0.15) is 27.9 Å². The molecule has 0 unspecified atom stereocenters. The molecule has 2 heterocycles. The molecule has 0 radical (unpaired) electrons. The lowest BCUT2D eigenvalue weighted by molar-refractivity contribution is 0.0954. The molecule has 0 bridgehead atoms. The van der Waals surface area contributed by atoms with Gasteiger partial charge in [0.1, 0.15) is 0 Å². The van der Waals surface area contributed by atoms with Crippen molar-refractivity contribution in [2.24, 2.45) is 0 Å². The molecule has 2 aromatic heterocycles. The van der Waals surface area contributed by atoms with Crippen molar-refractivity contribution < 1.29 is 4.79 Å². The molecule has 0 saturated heterocycles. The SMILES string of the molecule is CCc1cccnc1CNC(=O)c1cc(Br)c(Br)s1. The predicted molar refractivity (Wildman–Crippen MR) is 84.5 cm³/mol. The number of nitrogens with zero attached hydrogens (tertiary/aromatic N) is 1. The van der Waals surface area contributed by atoms with Crippen molar-refractivity contribution in [1.29, 1.82) is 0 Å². The van der Waals surface area contributed by atoms with E-state index in [1.54, 1.807) is 6.20 Å². The number of carbonyl (C=O) groups excluding carboxylic acids is 1. The van der Waals surface area contributed by atoms with E-state index in [2.05, 4.69) is 49.1 Å². The number of pyridine rings is 1. The normalized spacial score (nSPS) is 10.5. The first-order valence-electron chi connectivity index (χ1n) is 5.77. The highest BCUT2D eigenvalue weighted by atomic mass is 79.9. The molecule has 19 heavy (non-hydrogen) atoms. The molecule has 0 aliphatic carbocycles. The van der Waals surface area contributed by atoms with Gasteiger partial charge in [0, 0.05) is 10.7 Å². The second kappa shape index (κ2) is 6.63. The number of aryl methyl sites for hydroxylation is 1. The van der Waals surface area contributed by atoms with E-state index < -0.39 is 0 Å². The van der Waals surface area contributed by atoms with Crippen LogP contribution in [-0.2, 0) is 13.0 Å². The topological polar surface area (TPSA) is 42.0 Å². The molecule has 0 saturated carbocycles. The van der Waals surface area contributed by atoms with Crippen molar-refractivity contribution in [3.8, 4) is 0 Å². The minimum atomic E-state index is -0.0795. The van der Waals surface area contributed by atoms with Crippen molar-refractivity contribution in [3.63, 3.8) is 0 Å². The maximum atomic E-state index is 12.0. The van der Waals surface area contributed by atoms with Crippen LogP contribution < -0.4 is 5.32 Å². The van der Waals surface area contributed by atoms with Gasteiger partial charge in [0.25, 0.3) is 5.91 Å². The fourth-order valence-electron chi connectivity index (χ4n) is 1.66. The van der Waals surface area contributed by atoms with E-state index in [4.69, 9.17) is 0 Å². The number of carbonyl (C=O) groups is 1. The highest BCUT2D eigenvalue weighted by Crippen LogP contribution is 2.32. The van der Waals surface area contributed by atoms with Crippen LogP contribution in [0.15, 0.2) is 32.7 Å². The highest BCUT2D eigenvalue weighted by Gasteiger charge is 2.12. The molecule has 100 valence electrons. The Labute approximate surface area is 132 Å². The number of aromatic nitrogens is 1. The molecule has 2 aromatic rings. The first-order chi connectivity index (χ1) is 9.11. The average molecular weight is 404 g/mol. The number of nitrogens with one attached hydrogen (secondary N) is 1. The lowest BCUT2D eigenvalue weighted by atomic mass is 10.1. The maximum absolute atomic E-state index is 12.0. The van der Waals surface area contributed by atoms with E-state index in [0.29, 0.717) is 11.4 Å². The summed E-state index contributed by atoms with van der Waals surface area (Å²) < 4.78 is 1.82. The molecule has 0 fully saturated rings. The summed E-state index contributed by atoms with van der Waals surface area (Å²) in [4.78, 5) is 17.0. The molecular weight excluding hydrogens is 392 g/mol. The summed E-state index contributed by atoms with van der Waals surface area (Å²) in [5, 5.41) is 2.90. The average Bonchev–Trinajstić information content (AvgIpc) is 2.76. The summed E-state index contributed by atoms with van der Waals surface area (Å²) in [6.07, 6.45) is 2.66. The first-order valence-corrected chi connectivity index (χ1v) is 8.18. The Morgan fingerprint density at radius 1 is 1.47 bits per heavy atom. The monoisotopic (exact) mass is 402 g/mol. The largest absolute Gasteiger partial charge is 0.346 e. The van der Waals surface area contributed by atoms with Crippen LogP contribution in [-0.4, -0.2) is 10.9 Å². The Balaban J connectivity index is 2.04. The van der Waals surface area contributed by atoms with Crippen LogP contribution in [0.25, 0.3) is 0 Å². The van der Waals surface area contributed by atoms with E-state index in [-0.39, 0.29) is 5.91 Å². The fourth-order valence-corrected chi connectivity index (χ4v) is 3.61. The minimum Gasteiger partial charge on any atom is -0.346 e. The van der Waals surface area contributed by atoms with Crippen molar-refractivity contribution in [2.45, 2.75) is 19.9 Å². The number of rotatable bonds is 4. The van der Waals surface area contributed by atoms with Gasteiger partial charge in [-0.3, -0.25) is 9.78 Å². The number of halogens is 2. The zero-order chi connectivity index (χ0) is 13.8. The number of amides is 1. The molecule has 0 aliphatic heterocycles. The smallest absolute Gasteiger partial charge is 0.261 e. The first kappa shape index (κ1) is 14.7. The van der Waals surface area contributed by atoms with Crippen molar-refractivity contribution >= 4 is 49.1 Å². The van der Waals surface area contributed by atoms with Gasteiger partial charge in [0.05, 0.1) is 20.9 Å². The maximum Gasteiger partial charge on any atom is 0.261 e. The molecule has 0 atom stereocenters. The zero-order valence-electron chi connectivity index (χ0n) is 10.2. The van der Waals surface area contributed by atoms with Crippen molar-refractivity contribution in [3.05, 3.63) is 48.8 Å². The summed E-state index contributed by atoms with van der Waals surface area (Å²) in [5.41, 5.74) is 2.09. The standard InChI is InChI=1S/C13H12Br2N2OS/c1-2-8-4-3-5-16-10(8)7-17-13(18)11-6-9(14)12(15)19-11/h3-6H,2,7H2,1H3,(H,17,18). The summed E-state index contributed by atoms with van der Waals surface area (Å²) in [7, 11) is 0. The van der Waals surface area contributed by atoms with Gasteiger partial charge in [-0.05, 0) is 56.0 Å². The minimum absolute atomic E-state index is 0.0795. The molecular formula is C13H12Br2N2OS. The third-order valence-corrected chi connectivity index (χ3v) is 5.91. The highest BCUT2D eigenvalue weighted by molar-refractivity contribution is 9.13. The van der Waals surface area contributed by atoms with Gasteiger partial charge < -0.3 is 5.32 Å². The molecule has 1 N–H and O–H groups in total. The van der Waals surface area contributed by atoms with Gasteiger partial charge in [-0.2, -0.15) is 0 Å². The third kappa shape index (κ3) is 3.64. The molecule has 0 spiro atoms. The van der Waals surface area contributed by atoms with Crippen LogP contribution in [0.3, 0.4) is 0 Å². The van der Waals surface area contributed by atoms with E-state index in [1.807, 2.05) is 18.2 Å². The van der Waals surface area contributed by atoms with E-state index >= 15 is 0 Å². The van der Waals surface area contributed by atoms with Crippen LogP contribution >= 0.6 is 43.2 Å². The van der Waals surface area contributed by atoms with Gasteiger partial charge >= 0.3 is 0 Å². The van der Waals surface area contributed by atoms with Gasteiger partial charge in [-0.15, -0.1) is 11.3 Å². The summed E-state index contributed by atoms with van der Waals surface area (Å²) in [6, 6.07) is 5.76. The molecule has 6 heteroatoms. The van der Waals surface area contributed by atoms with Gasteiger partial charge in [0.2, 0.25) is 0 Å². The van der Waals surface area contributed by atoms with Crippen molar-refractivity contribution in [2.75, 3.05) is 0 Å². The van der Waals surface area contributed by atoms with Gasteiger partial charge in [-0.25, -0.2) is 0 Å². The van der Waals surface area contributed by atoms with Crippen LogP contribution in [0.5, 0.6) is 0 Å². The molecule has 1 amide bonds. The quantitative estimate of drug-likeness (QED) is 0.832.